The Hall–Kier alpha value is -2.10. The summed E-state index contributed by atoms with van der Waals surface area (Å²) in [7, 11) is 0. The Balaban J connectivity index is 2.05. The lowest BCUT2D eigenvalue weighted by atomic mass is 10.1. The average molecular weight is 285 g/mol. The first-order chi connectivity index (χ1) is 9.99. The highest BCUT2D eigenvalue weighted by Gasteiger charge is 2.08. The largest absolute Gasteiger partial charge is 0.350 e. The number of hydrogen-bond acceptors (Lipinski definition) is 2. The number of amides is 1. The summed E-state index contributed by atoms with van der Waals surface area (Å²) in [5.74, 6) is -0.0120. The number of nitrogens with zero attached hydrogens (tertiary/aromatic N) is 2. The fourth-order valence-electron chi connectivity index (χ4n) is 2.18. The van der Waals surface area contributed by atoms with E-state index < -0.39 is 0 Å². The highest BCUT2D eigenvalue weighted by atomic mass is 16.1. The zero-order chi connectivity index (χ0) is 15.4. The maximum atomic E-state index is 12.0. The molecule has 0 saturated carbocycles. The molecule has 0 aliphatic heterocycles. The molecule has 1 aromatic heterocycles. The average Bonchev–Trinajstić information content (AvgIpc) is 2.77. The maximum absolute atomic E-state index is 12.0. The third-order valence-corrected chi connectivity index (χ3v) is 3.64. The summed E-state index contributed by atoms with van der Waals surface area (Å²) in [6.07, 6.45) is 0.932. The molecule has 0 radical (unpaired) electrons. The highest BCUT2D eigenvalue weighted by Crippen LogP contribution is 2.09. The predicted octanol–water partition coefficient (Wildman–Crippen LogP) is 3.08. The molecule has 0 unspecified atom stereocenters. The zero-order valence-electron chi connectivity index (χ0n) is 13.2. The molecule has 1 amide bonds. The molecular weight excluding hydrogens is 262 g/mol. The number of nitrogens with one attached hydrogen (secondary N) is 1. The standard InChI is InChI=1S/C17H23N3O/c1-5-12(2)18-17(21)16-8-6-15(7-9-16)11-20-14(4)10-13(3)19-20/h6-10,12H,5,11H2,1-4H3,(H,18,21)/t12-/m1/s1. The van der Waals surface area contributed by atoms with Crippen LogP contribution in [0.15, 0.2) is 30.3 Å². The van der Waals surface area contributed by atoms with Gasteiger partial charge in [-0.15, -0.1) is 0 Å². The van der Waals surface area contributed by atoms with Gasteiger partial charge < -0.3 is 5.32 Å². The van der Waals surface area contributed by atoms with Crippen LogP contribution in [0.1, 0.15) is 47.6 Å². The number of benzene rings is 1. The van der Waals surface area contributed by atoms with Crippen molar-refractivity contribution in [2.24, 2.45) is 0 Å². The van der Waals surface area contributed by atoms with E-state index in [0.29, 0.717) is 5.56 Å². The molecule has 0 aliphatic rings. The molecule has 1 heterocycles. The minimum Gasteiger partial charge on any atom is -0.350 e. The first-order valence-corrected chi connectivity index (χ1v) is 7.40. The Bertz CT molecular complexity index is 613. The predicted molar refractivity (Wildman–Crippen MR) is 84.5 cm³/mol. The molecule has 4 nitrogen and oxygen atoms in total. The van der Waals surface area contributed by atoms with E-state index in [9.17, 15) is 4.79 Å². The van der Waals surface area contributed by atoms with Gasteiger partial charge in [0.15, 0.2) is 0 Å². The summed E-state index contributed by atoms with van der Waals surface area (Å²) < 4.78 is 1.98. The van der Waals surface area contributed by atoms with Crippen LogP contribution < -0.4 is 5.32 Å². The van der Waals surface area contributed by atoms with E-state index in [1.54, 1.807) is 0 Å². The molecule has 0 saturated heterocycles. The lowest BCUT2D eigenvalue weighted by Crippen LogP contribution is -2.31. The topological polar surface area (TPSA) is 46.9 Å². The van der Waals surface area contributed by atoms with Crippen LogP contribution in [0.3, 0.4) is 0 Å². The molecule has 112 valence electrons. The second kappa shape index (κ2) is 6.57. The molecule has 0 fully saturated rings. The number of carbonyl (C=O) groups is 1. The van der Waals surface area contributed by atoms with Gasteiger partial charge in [0.05, 0.1) is 12.2 Å². The van der Waals surface area contributed by atoms with Crippen molar-refractivity contribution in [3.05, 3.63) is 52.8 Å². The Labute approximate surface area is 126 Å². The molecule has 1 atom stereocenters. The number of rotatable bonds is 5. The zero-order valence-corrected chi connectivity index (χ0v) is 13.2. The van der Waals surface area contributed by atoms with Gasteiger partial charge in [-0.05, 0) is 51.0 Å². The van der Waals surface area contributed by atoms with Crippen molar-refractivity contribution < 1.29 is 4.79 Å². The third kappa shape index (κ3) is 3.94. The van der Waals surface area contributed by atoms with Crippen LogP contribution in [-0.2, 0) is 6.54 Å². The smallest absolute Gasteiger partial charge is 0.251 e. The van der Waals surface area contributed by atoms with Gasteiger partial charge in [0.25, 0.3) is 5.91 Å². The van der Waals surface area contributed by atoms with E-state index in [-0.39, 0.29) is 11.9 Å². The van der Waals surface area contributed by atoms with Gasteiger partial charge in [-0.3, -0.25) is 9.48 Å². The molecule has 0 aliphatic carbocycles. The fourth-order valence-corrected chi connectivity index (χ4v) is 2.18. The molecule has 4 heteroatoms. The molecule has 0 spiro atoms. The molecular formula is C17H23N3O. The lowest BCUT2D eigenvalue weighted by Gasteiger charge is -2.11. The van der Waals surface area contributed by atoms with E-state index in [2.05, 4.69) is 23.4 Å². The van der Waals surface area contributed by atoms with E-state index >= 15 is 0 Å². The van der Waals surface area contributed by atoms with Crippen LogP contribution in [-0.4, -0.2) is 21.7 Å². The maximum Gasteiger partial charge on any atom is 0.251 e. The van der Waals surface area contributed by atoms with Gasteiger partial charge in [-0.25, -0.2) is 0 Å². The van der Waals surface area contributed by atoms with Crippen LogP contribution in [0.5, 0.6) is 0 Å². The third-order valence-electron chi connectivity index (χ3n) is 3.64. The van der Waals surface area contributed by atoms with Gasteiger partial charge in [0.2, 0.25) is 0 Å². The Morgan fingerprint density at radius 1 is 1.29 bits per heavy atom. The SMILES string of the molecule is CC[C@@H](C)NC(=O)c1ccc(Cn2nc(C)cc2C)cc1. The minimum atomic E-state index is -0.0120. The summed E-state index contributed by atoms with van der Waals surface area (Å²) >= 11 is 0. The second-order valence-corrected chi connectivity index (χ2v) is 5.56. The molecule has 21 heavy (non-hydrogen) atoms. The van der Waals surface area contributed by atoms with Gasteiger partial charge in [-0.2, -0.15) is 5.10 Å². The van der Waals surface area contributed by atoms with Crippen LogP contribution in [0.25, 0.3) is 0 Å². The molecule has 1 aromatic carbocycles. The van der Waals surface area contributed by atoms with Gasteiger partial charge >= 0.3 is 0 Å². The Morgan fingerprint density at radius 2 is 1.95 bits per heavy atom. The molecule has 1 N–H and O–H groups in total. The van der Waals surface area contributed by atoms with E-state index in [1.165, 1.54) is 0 Å². The Kier molecular flexibility index (Phi) is 4.78. The fraction of sp³-hybridized carbons (Fsp3) is 0.412. The van der Waals surface area contributed by atoms with Crippen molar-refractivity contribution >= 4 is 5.91 Å². The number of hydrogen-bond donors (Lipinski definition) is 1. The van der Waals surface area contributed by atoms with Crippen molar-refractivity contribution in [2.45, 2.75) is 46.7 Å². The Morgan fingerprint density at radius 3 is 2.48 bits per heavy atom. The van der Waals surface area contributed by atoms with E-state index in [0.717, 1.165) is 29.9 Å². The van der Waals surface area contributed by atoms with Crippen LogP contribution in [0, 0.1) is 13.8 Å². The monoisotopic (exact) mass is 285 g/mol. The molecule has 0 bridgehead atoms. The normalized spacial score (nSPS) is 12.2. The number of carbonyl (C=O) groups excluding carboxylic acids is 1. The second-order valence-electron chi connectivity index (χ2n) is 5.56. The summed E-state index contributed by atoms with van der Waals surface area (Å²) in [4.78, 5) is 12.0. The summed E-state index contributed by atoms with van der Waals surface area (Å²) in [6, 6.07) is 9.99. The first-order valence-electron chi connectivity index (χ1n) is 7.40. The van der Waals surface area contributed by atoms with Gasteiger partial charge in [-0.1, -0.05) is 19.1 Å². The van der Waals surface area contributed by atoms with Crippen molar-refractivity contribution in [2.75, 3.05) is 0 Å². The molecule has 2 aromatic rings. The van der Waals surface area contributed by atoms with Crippen molar-refractivity contribution in [1.82, 2.24) is 15.1 Å². The number of aromatic nitrogens is 2. The van der Waals surface area contributed by atoms with E-state index in [1.807, 2.05) is 49.7 Å². The summed E-state index contributed by atoms with van der Waals surface area (Å²) in [5.41, 5.74) is 4.01. The minimum absolute atomic E-state index is 0.0120. The van der Waals surface area contributed by atoms with Crippen molar-refractivity contribution in [3.8, 4) is 0 Å². The van der Waals surface area contributed by atoms with E-state index in [4.69, 9.17) is 0 Å². The van der Waals surface area contributed by atoms with Crippen LogP contribution >= 0.6 is 0 Å². The molecule has 2 rings (SSSR count). The van der Waals surface area contributed by atoms with Crippen molar-refractivity contribution in [3.63, 3.8) is 0 Å². The summed E-state index contributed by atoms with van der Waals surface area (Å²) in [6.45, 7) is 8.84. The number of aryl methyl sites for hydroxylation is 2. The van der Waals surface area contributed by atoms with Crippen LogP contribution in [0.2, 0.25) is 0 Å². The highest BCUT2D eigenvalue weighted by molar-refractivity contribution is 5.94. The van der Waals surface area contributed by atoms with Gasteiger partial charge in [0, 0.05) is 17.3 Å². The van der Waals surface area contributed by atoms with Gasteiger partial charge in [0.1, 0.15) is 0 Å². The lowest BCUT2D eigenvalue weighted by molar-refractivity contribution is 0.0939. The first kappa shape index (κ1) is 15.3. The summed E-state index contributed by atoms with van der Waals surface area (Å²) in [5, 5.41) is 7.42. The van der Waals surface area contributed by atoms with Crippen molar-refractivity contribution in [1.29, 1.82) is 0 Å². The van der Waals surface area contributed by atoms with Crippen LogP contribution in [0.4, 0.5) is 0 Å². The quantitative estimate of drug-likeness (QED) is 0.917.